The van der Waals surface area contributed by atoms with Crippen molar-refractivity contribution in [2.75, 3.05) is 26.5 Å². The van der Waals surface area contributed by atoms with Gasteiger partial charge in [-0.3, -0.25) is 4.21 Å². The first kappa shape index (κ1) is 14.2. The molecule has 17 heavy (non-hydrogen) atoms. The monoisotopic (exact) mass is 263 g/mol. The van der Waals surface area contributed by atoms with Crippen molar-refractivity contribution in [3.05, 3.63) is 29.8 Å². The van der Waals surface area contributed by atoms with Crippen molar-refractivity contribution < 1.29 is 17.7 Å². The van der Waals surface area contributed by atoms with Gasteiger partial charge in [-0.2, -0.15) is 0 Å². The predicted molar refractivity (Wildman–Crippen MR) is 62.4 cm³/mol. The average Bonchev–Trinajstić information content (AvgIpc) is 2.31. The van der Waals surface area contributed by atoms with Crippen LogP contribution >= 0.6 is 0 Å². The van der Waals surface area contributed by atoms with Crippen molar-refractivity contribution >= 4 is 10.8 Å². The van der Waals surface area contributed by atoms with Crippen LogP contribution in [0.2, 0.25) is 0 Å². The first-order chi connectivity index (χ1) is 8.08. The highest BCUT2D eigenvalue weighted by Gasteiger charge is 2.14. The molecule has 0 aliphatic carbocycles. The molecule has 0 heterocycles. The normalized spacial score (nSPS) is 14.6. The number of benzene rings is 1. The summed E-state index contributed by atoms with van der Waals surface area (Å²) in [5, 5.41) is 2.94. The molecule has 2 atom stereocenters. The van der Waals surface area contributed by atoms with Crippen molar-refractivity contribution in [1.29, 1.82) is 0 Å². The van der Waals surface area contributed by atoms with Crippen molar-refractivity contribution in [2.45, 2.75) is 10.9 Å². The number of hydrogen-bond acceptors (Lipinski definition) is 3. The fourth-order valence-corrected chi connectivity index (χ4v) is 2.59. The van der Waals surface area contributed by atoms with E-state index in [9.17, 15) is 13.0 Å². The molecule has 3 nitrogen and oxygen atoms in total. The number of hydrogen-bond donors (Lipinski definition) is 1. The maximum atomic E-state index is 13.0. The highest BCUT2D eigenvalue weighted by molar-refractivity contribution is 7.85. The molecule has 0 bridgehead atoms. The average molecular weight is 263 g/mol. The summed E-state index contributed by atoms with van der Waals surface area (Å²) in [5.41, 5.74) is 0. The molecule has 1 aromatic rings. The fourth-order valence-electron chi connectivity index (χ4n) is 1.31. The number of nitrogens with one attached hydrogen (secondary N) is 1. The highest BCUT2D eigenvalue weighted by atomic mass is 32.2. The Morgan fingerprint density at radius 1 is 1.41 bits per heavy atom. The van der Waals surface area contributed by atoms with Crippen LogP contribution in [0.5, 0.6) is 0 Å². The Morgan fingerprint density at radius 3 is 2.65 bits per heavy atom. The molecule has 1 N–H and O–H groups in total. The fraction of sp³-hybridized carbons (Fsp3) is 0.455. The summed E-state index contributed by atoms with van der Waals surface area (Å²) < 4.78 is 42.5. The minimum Gasteiger partial charge on any atom is -0.383 e. The maximum Gasteiger partial charge on any atom is 0.160 e. The van der Waals surface area contributed by atoms with Crippen LogP contribution < -0.4 is 5.32 Å². The zero-order valence-electron chi connectivity index (χ0n) is 9.70. The summed E-state index contributed by atoms with van der Waals surface area (Å²) in [4.78, 5) is 0.278. The van der Waals surface area contributed by atoms with E-state index in [1.165, 1.54) is 6.07 Å². The summed E-state index contributed by atoms with van der Waals surface area (Å²) in [6.07, 6.45) is 0. The summed E-state index contributed by atoms with van der Waals surface area (Å²) >= 11 is 0. The second kappa shape index (κ2) is 6.78. The number of ether oxygens (including phenoxy) is 1. The van der Waals surface area contributed by atoms with Gasteiger partial charge < -0.3 is 10.1 Å². The Bertz CT molecular complexity index is 401. The van der Waals surface area contributed by atoms with Crippen molar-refractivity contribution in [1.82, 2.24) is 5.32 Å². The minimum atomic E-state index is -1.38. The van der Waals surface area contributed by atoms with E-state index in [2.05, 4.69) is 5.32 Å². The lowest BCUT2D eigenvalue weighted by molar-refractivity contribution is 0.176. The molecule has 96 valence electrons. The predicted octanol–water partition coefficient (Wildman–Crippen LogP) is 1.31. The van der Waals surface area contributed by atoms with E-state index >= 15 is 0 Å². The topological polar surface area (TPSA) is 38.3 Å². The van der Waals surface area contributed by atoms with E-state index in [4.69, 9.17) is 4.74 Å². The van der Waals surface area contributed by atoms with Gasteiger partial charge in [0.1, 0.15) is 0 Å². The number of halogens is 2. The van der Waals surface area contributed by atoms with E-state index in [1.54, 1.807) is 14.2 Å². The van der Waals surface area contributed by atoms with Gasteiger partial charge >= 0.3 is 0 Å². The maximum absolute atomic E-state index is 13.0. The lowest BCUT2D eigenvalue weighted by atomic mass is 10.3. The lowest BCUT2D eigenvalue weighted by Gasteiger charge is -2.14. The Kier molecular flexibility index (Phi) is 5.67. The quantitative estimate of drug-likeness (QED) is 0.841. The molecule has 1 aromatic carbocycles. The SMILES string of the molecule is CNC(COC)CS(=O)c1ccc(F)c(F)c1. The zero-order chi connectivity index (χ0) is 12.8. The van der Waals surface area contributed by atoms with E-state index in [-0.39, 0.29) is 16.7 Å². The lowest BCUT2D eigenvalue weighted by Crippen LogP contribution is -2.35. The second-order valence-electron chi connectivity index (χ2n) is 3.53. The van der Waals surface area contributed by atoms with E-state index in [1.807, 2.05) is 0 Å². The Hall–Kier alpha value is -0.850. The zero-order valence-corrected chi connectivity index (χ0v) is 10.5. The molecule has 0 amide bonds. The van der Waals surface area contributed by atoms with Crippen LogP contribution in [-0.4, -0.2) is 36.8 Å². The Balaban J connectivity index is 2.72. The number of methoxy groups -OCH3 is 1. The molecule has 0 saturated heterocycles. The van der Waals surface area contributed by atoms with Gasteiger partial charge in [0.25, 0.3) is 0 Å². The largest absolute Gasteiger partial charge is 0.383 e. The molecule has 1 rings (SSSR count). The molecule has 6 heteroatoms. The first-order valence-corrected chi connectivity index (χ1v) is 6.40. The first-order valence-electron chi connectivity index (χ1n) is 5.08. The molecule has 2 unspecified atom stereocenters. The molecule has 0 radical (unpaired) electrons. The van der Waals surface area contributed by atoms with Crippen LogP contribution in [0.25, 0.3) is 0 Å². The second-order valence-corrected chi connectivity index (χ2v) is 5.02. The van der Waals surface area contributed by atoms with Crippen LogP contribution in [0.3, 0.4) is 0 Å². The van der Waals surface area contributed by atoms with Gasteiger partial charge in [0.05, 0.1) is 17.4 Å². The van der Waals surface area contributed by atoms with Gasteiger partial charge in [0, 0.05) is 23.8 Å². The third-order valence-corrected chi connectivity index (χ3v) is 3.77. The molecular formula is C11H15F2NO2S. The highest BCUT2D eigenvalue weighted by Crippen LogP contribution is 2.13. The van der Waals surface area contributed by atoms with Gasteiger partial charge in [-0.1, -0.05) is 0 Å². The third-order valence-electron chi connectivity index (χ3n) is 2.28. The van der Waals surface area contributed by atoms with Crippen LogP contribution in [0, 0.1) is 11.6 Å². The van der Waals surface area contributed by atoms with Crippen LogP contribution in [-0.2, 0) is 15.5 Å². The standard InChI is InChI=1S/C11H15F2NO2S/c1-14-8(6-16-2)7-17(15)9-3-4-10(12)11(13)5-9/h3-5,8,14H,6-7H2,1-2H3. The molecule has 0 aliphatic rings. The van der Waals surface area contributed by atoms with Crippen molar-refractivity contribution in [3.8, 4) is 0 Å². The molecular weight excluding hydrogens is 248 g/mol. The van der Waals surface area contributed by atoms with Crippen LogP contribution in [0.15, 0.2) is 23.1 Å². The Morgan fingerprint density at radius 2 is 2.12 bits per heavy atom. The molecule has 0 aromatic heterocycles. The molecule has 0 aliphatic heterocycles. The smallest absolute Gasteiger partial charge is 0.160 e. The Labute approximate surface area is 102 Å². The number of rotatable bonds is 6. The van der Waals surface area contributed by atoms with Gasteiger partial charge in [0.2, 0.25) is 0 Å². The van der Waals surface area contributed by atoms with Gasteiger partial charge in [-0.15, -0.1) is 0 Å². The van der Waals surface area contributed by atoms with Gasteiger partial charge in [0.15, 0.2) is 11.6 Å². The number of likely N-dealkylation sites (N-methyl/N-ethyl adjacent to an activating group) is 1. The van der Waals surface area contributed by atoms with Gasteiger partial charge in [-0.25, -0.2) is 8.78 Å². The van der Waals surface area contributed by atoms with Crippen LogP contribution in [0.4, 0.5) is 8.78 Å². The summed E-state index contributed by atoms with van der Waals surface area (Å²) in [6, 6.07) is 3.18. The summed E-state index contributed by atoms with van der Waals surface area (Å²) in [6.45, 7) is 0.409. The van der Waals surface area contributed by atoms with E-state index in [0.717, 1.165) is 12.1 Å². The van der Waals surface area contributed by atoms with Crippen molar-refractivity contribution in [3.63, 3.8) is 0 Å². The van der Waals surface area contributed by atoms with Crippen LogP contribution in [0.1, 0.15) is 0 Å². The van der Waals surface area contributed by atoms with Gasteiger partial charge in [-0.05, 0) is 25.2 Å². The summed E-state index contributed by atoms with van der Waals surface area (Å²) in [7, 11) is 1.89. The summed E-state index contributed by atoms with van der Waals surface area (Å²) in [5.74, 6) is -1.63. The van der Waals surface area contributed by atoms with E-state index < -0.39 is 22.4 Å². The van der Waals surface area contributed by atoms with Crippen molar-refractivity contribution in [2.24, 2.45) is 0 Å². The third kappa shape index (κ3) is 4.14. The van der Waals surface area contributed by atoms with E-state index in [0.29, 0.717) is 6.61 Å². The minimum absolute atomic E-state index is 0.0889. The molecule has 0 fully saturated rings. The molecule has 0 saturated carbocycles. The molecule has 0 spiro atoms.